The Kier molecular flexibility index (Phi) is 8.92. The maximum atomic E-state index is 12.6. The van der Waals surface area contributed by atoms with Gasteiger partial charge in [-0.25, -0.2) is 8.42 Å². The predicted octanol–water partition coefficient (Wildman–Crippen LogP) is 1.90. The number of carbonyl (C=O) groups is 2. The third kappa shape index (κ3) is 7.24. The van der Waals surface area contributed by atoms with E-state index in [0.29, 0.717) is 43.4 Å². The van der Waals surface area contributed by atoms with Crippen LogP contribution in [0, 0.1) is 5.92 Å². The number of benzene rings is 1. The second-order valence-electron chi connectivity index (χ2n) is 7.26. The molecule has 0 unspecified atom stereocenters. The van der Waals surface area contributed by atoms with E-state index in [-0.39, 0.29) is 11.8 Å². The first kappa shape index (κ1) is 22.4. The first-order chi connectivity index (χ1) is 13.4. The molecular weight excluding hydrogens is 378 g/mol. The molecule has 0 spiro atoms. The molecule has 1 saturated heterocycles. The summed E-state index contributed by atoms with van der Waals surface area (Å²) in [5.74, 6) is 0.324. The first-order valence-electron chi connectivity index (χ1n) is 9.96. The van der Waals surface area contributed by atoms with Gasteiger partial charge in [0.1, 0.15) is 0 Å². The zero-order chi connectivity index (χ0) is 20.4. The lowest BCUT2D eigenvalue weighted by molar-refractivity contribution is -0.121. The highest BCUT2D eigenvalue weighted by Crippen LogP contribution is 2.23. The molecule has 28 heavy (non-hydrogen) atoms. The standard InChI is InChI=1S/C20H31N3O4S/c1-17(24)21-13-7-3-6-10-20(25)22-16-18-11-14-23(15-12-18)28(26,27)19-8-4-2-5-9-19/h2,4-5,8-9,18H,3,6-7,10-16H2,1H3,(H,21,24)(H,22,25). The van der Waals surface area contributed by atoms with Gasteiger partial charge in [0, 0.05) is 39.5 Å². The second kappa shape index (κ2) is 11.2. The topological polar surface area (TPSA) is 95.6 Å². The van der Waals surface area contributed by atoms with Crippen LogP contribution in [0.2, 0.25) is 0 Å². The van der Waals surface area contributed by atoms with E-state index >= 15 is 0 Å². The average Bonchev–Trinajstić information content (AvgIpc) is 2.70. The zero-order valence-electron chi connectivity index (χ0n) is 16.5. The lowest BCUT2D eigenvalue weighted by Crippen LogP contribution is -2.41. The molecule has 1 aromatic carbocycles. The largest absolute Gasteiger partial charge is 0.356 e. The van der Waals surface area contributed by atoms with Crippen molar-refractivity contribution in [3.8, 4) is 0 Å². The maximum absolute atomic E-state index is 12.6. The fourth-order valence-electron chi connectivity index (χ4n) is 3.29. The molecule has 2 rings (SSSR count). The van der Waals surface area contributed by atoms with Crippen LogP contribution in [0.5, 0.6) is 0 Å². The Labute approximate surface area is 167 Å². The van der Waals surface area contributed by atoms with E-state index in [0.717, 1.165) is 32.1 Å². The van der Waals surface area contributed by atoms with Crippen LogP contribution in [-0.2, 0) is 19.6 Å². The molecule has 8 heteroatoms. The fourth-order valence-corrected chi connectivity index (χ4v) is 4.78. The van der Waals surface area contributed by atoms with Crippen molar-refractivity contribution in [1.29, 1.82) is 0 Å². The number of piperidine rings is 1. The van der Waals surface area contributed by atoms with Crippen LogP contribution in [0.25, 0.3) is 0 Å². The van der Waals surface area contributed by atoms with Crippen molar-refractivity contribution in [2.75, 3.05) is 26.2 Å². The fraction of sp³-hybridized carbons (Fsp3) is 0.600. The van der Waals surface area contributed by atoms with Gasteiger partial charge in [-0.3, -0.25) is 9.59 Å². The van der Waals surface area contributed by atoms with E-state index in [1.807, 2.05) is 0 Å². The number of carbonyl (C=O) groups excluding carboxylic acids is 2. The monoisotopic (exact) mass is 409 g/mol. The van der Waals surface area contributed by atoms with Crippen molar-refractivity contribution in [2.24, 2.45) is 5.92 Å². The molecular formula is C20H31N3O4S. The number of unbranched alkanes of at least 4 members (excludes halogenated alkanes) is 2. The highest BCUT2D eigenvalue weighted by Gasteiger charge is 2.29. The molecule has 1 fully saturated rings. The van der Waals surface area contributed by atoms with Crippen LogP contribution < -0.4 is 10.6 Å². The summed E-state index contributed by atoms with van der Waals surface area (Å²) in [5, 5.41) is 5.71. The summed E-state index contributed by atoms with van der Waals surface area (Å²) >= 11 is 0. The van der Waals surface area contributed by atoms with Crippen molar-refractivity contribution in [3.63, 3.8) is 0 Å². The molecule has 0 aromatic heterocycles. The van der Waals surface area contributed by atoms with Crippen molar-refractivity contribution >= 4 is 21.8 Å². The van der Waals surface area contributed by atoms with E-state index in [1.54, 1.807) is 30.3 Å². The molecule has 156 valence electrons. The van der Waals surface area contributed by atoms with Crippen molar-refractivity contribution in [1.82, 2.24) is 14.9 Å². The molecule has 0 saturated carbocycles. The number of nitrogens with zero attached hydrogens (tertiary/aromatic N) is 1. The van der Waals surface area contributed by atoms with Crippen LogP contribution in [0.3, 0.4) is 0 Å². The van der Waals surface area contributed by atoms with Gasteiger partial charge in [-0.2, -0.15) is 4.31 Å². The van der Waals surface area contributed by atoms with Crippen LogP contribution >= 0.6 is 0 Å². The molecule has 0 atom stereocenters. The number of sulfonamides is 1. The lowest BCUT2D eigenvalue weighted by Gasteiger charge is -2.31. The van der Waals surface area contributed by atoms with E-state index in [4.69, 9.17) is 0 Å². The minimum Gasteiger partial charge on any atom is -0.356 e. The maximum Gasteiger partial charge on any atom is 0.243 e. The minimum atomic E-state index is -3.42. The average molecular weight is 410 g/mol. The minimum absolute atomic E-state index is 0.0274. The SMILES string of the molecule is CC(=O)NCCCCCC(=O)NCC1CCN(S(=O)(=O)c2ccccc2)CC1. The summed E-state index contributed by atoms with van der Waals surface area (Å²) in [6, 6.07) is 8.51. The first-order valence-corrected chi connectivity index (χ1v) is 11.4. The summed E-state index contributed by atoms with van der Waals surface area (Å²) in [7, 11) is -3.42. The Morgan fingerprint density at radius 3 is 2.36 bits per heavy atom. The second-order valence-corrected chi connectivity index (χ2v) is 9.20. The third-order valence-electron chi connectivity index (χ3n) is 5.00. The van der Waals surface area contributed by atoms with Gasteiger partial charge in [0.2, 0.25) is 21.8 Å². The molecule has 2 N–H and O–H groups in total. The van der Waals surface area contributed by atoms with Crippen LogP contribution in [0.4, 0.5) is 0 Å². The van der Waals surface area contributed by atoms with E-state index < -0.39 is 10.0 Å². The van der Waals surface area contributed by atoms with Gasteiger partial charge in [-0.15, -0.1) is 0 Å². The summed E-state index contributed by atoms with van der Waals surface area (Å²) in [6.45, 7) is 3.72. The molecule has 1 heterocycles. The Morgan fingerprint density at radius 1 is 1.04 bits per heavy atom. The smallest absolute Gasteiger partial charge is 0.243 e. The Hall–Kier alpha value is -1.93. The Morgan fingerprint density at radius 2 is 1.71 bits per heavy atom. The van der Waals surface area contributed by atoms with Crippen LogP contribution in [-0.4, -0.2) is 50.7 Å². The predicted molar refractivity (Wildman–Crippen MR) is 108 cm³/mol. The normalized spacial score (nSPS) is 15.9. The van der Waals surface area contributed by atoms with Crippen LogP contribution in [0.15, 0.2) is 35.2 Å². The van der Waals surface area contributed by atoms with Gasteiger partial charge in [0.25, 0.3) is 0 Å². The van der Waals surface area contributed by atoms with Gasteiger partial charge in [0.15, 0.2) is 0 Å². The summed E-state index contributed by atoms with van der Waals surface area (Å²) < 4.78 is 26.8. The highest BCUT2D eigenvalue weighted by atomic mass is 32.2. The number of hydrogen-bond acceptors (Lipinski definition) is 4. The summed E-state index contributed by atoms with van der Waals surface area (Å²) in [5.41, 5.74) is 0. The molecule has 0 bridgehead atoms. The Bertz CT molecular complexity index is 729. The molecule has 1 aliphatic heterocycles. The number of amides is 2. The zero-order valence-corrected chi connectivity index (χ0v) is 17.3. The number of nitrogens with one attached hydrogen (secondary N) is 2. The molecule has 1 aromatic rings. The lowest BCUT2D eigenvalue weighted by atomic mass is 9.98. The summed E-state index contributed by atoms with van der Waals surface area (Å²) in [4.78, 5) is 23.0. The number of hydrogen-bond donors (Lipinski definition) is 2. The van der Waals surface area contributed by atoms with Gasteiger partial charge in [0.05, 0.1) is 4.90 Å². The quantitative estimate of drug-likeness (QED) is 0.577. The van der Waals surface area contributed by atoms with Crippen molar-refractivity contribution in [3.05, 3.63) is 30.3 Å². The van der Waals surface area contributed by atoms with E-state index in [9.17, 15) is 18.0 Å². The number of rotatable bonds is 10. The van der Waals surface area contributed by atoms with Gasteiger partial charge >= 0.3 is 0 Å². The van der Waals surface area contributed by atoms with Crippen molar-refractivity contribution < 1.29 is 18.0 Å². The van der Waals surface area contributed by atoms with Crippen LogP contribution in [0.1, 0.15) is 45.4 Å². The molecule has 7 nitrogen and oxygen atoms in total. The van der Waals surface area contributed by atoms with E-state index in [2.05, 4.69) is 10.6 Å². The summed E-state index contributed by atoms with van der Waals surface area (Å²) in [6.07, 6.45) is 4.58. The molecule has 0 aliphatic carbocycles. The molecule has 2 amide bonds. The van der Waals surface area contributed by atoms with Gasteiger partial charge < -0.3 is 10.6 Å². The van der Waals surface area contributed by atoms with Gasteiger partial charge in [-0.1, -0.05) is 24.6 Å². The highest BCUT2D eigenvalue weighted by molar-refractivity contribution is 7.89. The van der Waals surface area contributed by atoms with Gasteiger partial charge in [-0.05, 0) is 43.7 Å². The molecule has 1 aliphatic rings. The Balaban J connectivity index is 1.62. The third-order valence-corrected chi connectivity index (χ3v) is 6.91. The molecule has 0 radical (unpaired) electrons. The van der Waals surface area contributed by atoms with Crippen molar-refractivity contribution in [2.45, 2.75) is 50.3 Å². The van der Waals surface area contributed by atoms with E-state index in [1.165, 1.54) is 11.2 Å².